The molecule has 0 saturated carbocycles. The fraction of sp³-hybridized carbons (Fsp3) is 0.889. The molecule has 0 aromatic rings. The van der Waals surface area contributed by atoms with Gasteiger partial charge in [-0.25, -0.2) is 0 Å². The van der Waals surface area contributed by atoms with E-state index in [-0.39, 0.29) is 11.9 Å². The highest BCUT2D eigenvalue weighted by Gasteiger charge is 2.34. The molecule has 0 aromatic heterocycles. The Morgan fingerprint density at radius 2 is 2.46 bits per heavy atom. The summed E-state index contributed by atoms with van der Waals surface area (Å²) in [4.78, 5) is 13.0. The number of ether oxygens (including phenoxy) is 1. The summed E-state index contributed by atoms with van der Waals surface area (Å²) < 4.78 is 5.34. The molecule has 2 aliphatic rings. The molecule has 4 nitrogen and oxygen atoms in total. The van der Waals surface area contributed by atoms with Crippen LogP contribution in [0.15, 0.2) is 0 Å². The van der Waals surface area contributed by atoms with Crippen LogP contribution >= 0.6 is 0 Å². The first-order valence-electron chi connectivity index (χ1n) is 4.89. The maximum Gasteiger partial charge on any atom is 0.241 e. The van der Waals surface area contributed by atoms with Crippen molar-refractivity contribution < 1.29 is 9.53 Å². The molecule has 0 spiro atoms. The number of nitrogens with two attached hydrogens (primary N) is 1. The molecule has 2 atom stereocenters. The standard InChI is InChI=1S/C9H16N2O2/c10-8-5-11(9(8)12)4-7-2-1-3-13-6-7/h7-8H,1-6,10H2. The van der Waals surface area contributed by atoms with Crippen LogP contribution in [-0.4, -0.2) is 43.2 Å². The normalized spacial score (nSPS) is 34.5. The third-order valence-corrected chi connectivity index (χ3v) is 2.78. The van der Waals surface area contributed by atoms with E-state index < -0.39 is 0 Å². The summed E-state index contributed by atoms with van der Waals surface area (Å²) in [5.41, 5.74) is 5.50. The number of amides is 1. The van der Waals surface area contributed by atoms with E-state index in [0.29, 0.717) is 5.92 Å². The van der Waals surface area contributed by atoms with Gasteiger partial charge in [0.2, 0.25) is 5.91 Å². The molecule has 2 N–H and O–H groups in total. The highest BCUT2D eigenvalue weighted by Crippen LogP contribution is 2.18. The molecule has 74 valence electrons. The van der Waals surface area contributed by atoms with Crippen molar-refractivity contribution in [2.24, 2.45) is 11.7 Å². The van der Waals surface area contributed by atoms with Gasteiger partial charge in [0.05, 0.1) is 6.61 Å². The maximum absolute atomic E-state index is 11.2. The van der Waals surface area contributed by atoms with Gasteiger partial charge in [0.15, 0.2) is 0 Å². The predicted octanol–water partition coefficient (Wildman–Crippen LogP) is -0.418. The van der Waals surface area contributed by atoms with E-state index in [9.17, 15) is 4.79 Å². The van der Waals surface area contributed by atoms with E-state index in [4.69, 9.17) is 10.5 Å². The Morgan fingerprint density at radius 3 is 3.00 bits per heavy atom. The Balaban J connectivity index is 1.75. The molecule has 0 radical (unpaired) electrons. The average Bonchev–Trinajstić information content (AvgIpc) is 2.19. The van der Waals surface area contributed by atoms with E-state index in [1.54, 1.807) is 0 Å². The van der Waals surface area contributed by atoms with Gasteiger partial charge in [-0.1, -0.05) is 0 Å². The van der Waals surface area contributed by atoms with Crippen molar-refractivity contribution in [3.8, 4) is 0 Å². The second-order valence-corrected chi connectivity index (χ2v) is 3.93. The summed E-state index contributed by atoms with van der Waals surface area (Å²) in [5, 5.41) is 0. The van der Waals surface area contributed by atoms with Gasteiger partial charge in [0.1, 0.15) is 6.04 Å². The summed E-state index contributed by atoms with van der Waals surface area (Å²) >= 11 is 0. The molecule has 0 aliphatic carbocycles. The molecule has 0 bridgehead atoms. The van der Waals surface area contributed by atoms with Gasteiger partial charge in [-0.15, -0.1) is 0 Å². The monoisotopic (exact) mass is 184 g/mol. The van der Waals surface area contributed by atoms with Crippen LogP contribution in [0, 0.1) is 5.92 Å². The minimum absolute atomic E-state index is 0.102. The molecule has 4 heteroatoms. The van der Waals surface area contributed by atoms with E-state index in [1.807, 2.05) is 4.90 Å². The van der Waals surface area contributed by atoms with Crippen molar-refractivity contribution in [3.63, 3.8) is 0 Å². The fourth-order valence-corrected chi connectivity index (χ4v) is 1.96. The van der Waals surface area contributed by atoms with Gasteiger partial charge in [-0.05, 0) is 18.8 Å². The Kier molecular flexibility index (Phi) is 2.51. The Hall–Kier alpha value is -0.610. The number of carbonyl (C=O) groups is 1. The lowest BCUT2D eigenvalue weighted by Crippen LogP contribution is -2.62. The van der Waals surface area contributed by atoms with Crippen LogP contribution in [-0.2, 0) is 9.53 Å². The molecule has 1 amide bonds. The first kappa shape index (κ1) is 8.97. The van der Waals surface area contributed by atoms with Crippen molar-refractivity contribution in [3.05, 3.63) is 0 Å². The van der Waals surface area contributed by atoms with Crippen LogP contribution in [0.1, 0.15) is 12.8 Å². The summed E-state index contributed by atoms with van der Waals surface area (Å²) in [6.45, 7) is 3.25. The van der Waals surface area contributed by atoms with Crippen LogP contribution in [0.3, 0.4) is 0 Å². The van der Waals surface area contributed by atoms with Gasteiger partial charge in [-0.3, -0.25) is 4.79 Å². The average molecular weight is 184 g/mol. The number of nitrogens with zero attached hydrogens (tertiary/aromatic N) is 1. The number of β-lactam (4-membered cyclic amide) rings is 1. The van der Waals surface area contributed by atoms with Gasteiger partial charge in [0, 0.05) is 19.7 Å². The largest absolute Gasteiger partial charge is 0.381 e. The van der Waals surface area contributed by atoms with E-state index in [2.05, 4.69) is 0 Å². The van der Waals surface area contributed by atoms with Gasteiger partial charge in [-0.2, -0.15) is 0 Å². The zero-order valence-corrected chi connectivity index (χ0v) is 7.74. The Labute approximate surface area is 78.0 Å². The topological polar surface area (TPSA) is 55.6 Å². The molecule has 2 heterocycles. The third-order valence-electron chi connectivity index (χ3n) is 2.78. The molecular formula is C9H16N2O2. The van der Waals surface area contributed by atoms with Crippen LogP contribution in [0.5, 0.6) is 0 Å². The number of carbonyl (C=O) groups excluding carboxylic acids is 1. The fourth-order valence-electron chi connectivity index (χ4n) is 1.96. The lowest BCUT2D eigenvalue weighted by molar-refractivity contribution is -0.144. The second kappa shape index (κ2) is 3.64. The molecule has 2 rings (SSSR count). The van der Waals surface area contributed by atoms with Crippen LogP contribution in [0.25, 0.3) is 0 Å². The van der Waals surface area contributed by atoms with E-state index in [0.717, 1.165) is 32.7 Å². The quantitative estimate of drug-likeness (QED) is 0.593. The highest BCUT2D eigenvalue weighted by atomic mass is 16.5. The Bertz CT molecular complexity index is 202. The second-order valence-electron chi connectivity index (χ2n) is 3.93. The van der Waals surface area contributed by atoms with Gasteiger partial charge < -0.3 is 15.4 Å². The number of rotatable bonds is 2. The zero-order valence-electron chi connectivity index (χ0n) is 7.74. The SMILES string of the molecule is NC1CN(CC2CCCOC2)C1=O. The molecule has 2 saturated heterocycles. The minimum Gasteiger partial charge on any atom is -0.381 e. The predicted molar refractivity (Wildman–Crippen MR) is 48.1 cm³/mol. The number of hydrogen-bond donors (Lipinski definition) is 1. The van der Waals surface area contributed by atoms with Crippen molar-refractivity contribution in [1.29, 1.82) is 0 Å². The van der Waals surface area contributed by atoms with Gasteiger partial charge >= 0.3 is 0 Å². The van der Waals surface area contributed by atoms with E-state index in [1.165, 1.54) is 6.42 Å². The molecule has 0 aromatic carbocycles. The maximum atomic E-state index is 11.2. The Morgan fingerprint density at radius 1 is 1.62 bits per heavy atom. The minimum atomic E-state index is -0.232. The first-order chi connectivity index (χ1) is 6.27. The summed E-state index contributed by atoms with van der Waals surface area (Å²) in [5.74, 6) is 0.635. The first-order valence-corrected chi connectivity index (χ1v) is 4.89. The third kappa shape index (κ3) is 1.84. The lowest BCUT2D eigenvalue weighted by atomic mass is 9.99. The molecule has 13 heavy (non-hydrogen) atoms. The van der Waals surface area contributed by atoms with Crippen molar-refractivity contribution in [1.82, 2.24) is 4.90 Å². The van der Waals surface area contributed by atoms with Crippen LogP contribution in [0.2, 0.25) is 0 Å². The molecule has 2 unspecified atom stereocenters. The van der Waals surface area contributed by atoms with Crippen molar-refractivity contribution in [2.45, 2.75) is 18.9 Å². The van der Waals surface area contributed by atoms with Crippen LogP contribution < -0.4 is 5.73 Å². The number of hydrogen-bond acceptors (Lipinski definition) is 3. The summed E-state index contributed by atoms with van der Waals surface area (Å²) in [6.07, 6.45) is 2.30. The highest BCUT2D eigenvalue weighted by molar-refractivity contribution is 5.87. The smallest absolute Gasteiger partial charge is 0.241 e. The van der Waals surface area contributed by atoms with Crippen molar-refractivity contribution in [2.75, 3.05) is 26.3 Å². The summed E-state index contributed by atoms with van der Waals surface area (Å²) in [6, 6.07) is -0.232. The zero-order chi connectivity index (χ0) is 9.26. The molecule has 2 aliphatic heterocycles. The summed E-state index contributed by atoms with van der Waals surface area (Å²) in [7, 11) is 0. The lowest BCUT2D eigenvalue weighted by Gasteiger charge is -2.39. The van der Waals surface area contributed by atoms with Gasteiger partial charge in [0.25, 0.3) is 0 Å². The van der Waals surface area contributed by atoms with E-state index >= 15 is 0 Å². The number of likely N-dealkylation sites (tertiary alicyclic amines) is 1. The van der Waals surface area contributed by atoms with Crippen LogP contribution in [0.4, 0.5) is 0 Å². The molecule has 2 fully saturated rings. The van der Waals surface area contributed by atoms with Crippen molar-refractivity contribution >= 4 is 5.91 Å². The molecular weight excluding hydrogens is 168 g/mol.